The van der Waals surface area contributed by atoms with Crippen LogP contribution < -0.4 is 5.32 Å². The molecular formula is C18H14FN3O2. The molecule has 0 radical (unpaired) electrons. The Kier molecular flexibility index (Phi) is 4.47. The molecule has 0 amide bonds. The Labute approximate surface area is 137 Å². The van der Waals surface area contributed by atoms with Gasteiger partial charge in [-0.15, -0.1) is 0 Å². The summed E-state index contributed by atoms with van der Waals surface area (Å²) in [4.78, 5) is 14.3. The maximum absolute atomic E-state index is 13.6. The number of benzene rings is 2. The van der Waals surface area contributed by atoms with Crippen LogP contribution in [0.4, 0.5) is 15.8 Å². The molecule has 120 valence electrons. The van der Waals surface area contributed by atoms with Gasteiger partial charge in [0.05, 0.1) is 4.92 Å². The number of nitro benzene ring substituents is 1. The molecule has 0 unspecified atom stereocenters. The number of hydrogen-bond donors (Lipinski definition) is 1. The predicted octanol–water partition coefficient (Wildman–Crippen LogP) is 4.41. The second kappa shape index (κ2) is 6.87. The number of nitrogens with one attached hydrogen (secondary N) is 1. The van der Waals surface area contributed by atoms with Crippen LogP contribution in [0.25, 0.3) is 11.1 Å². The Morgan fingerprint density at radius 1 is 1.04 bits per heavy atom. The normalized spacial score (nSPS) is 10.4. The van der Waals surface area contributed by atoms with Crippen molar-refractivity contribution >= 4 is 11.4 Å². The van der Waals surface area contributed by atoms with Crippen molar-refractivity contribution in [2.24, 2.45) is 0 Å². The van der Waals surface area contributed by atoms with Crippen molar-refractivity contribution in [3.05, 3.63) is 88.5 Å². The maximum Gasteiger partial charge on any atom is 0.327 e. The lowest BCUT2D eigenvalue weighted by Gasteiger charge is -2.08. The molecule has 0 aliphatic heterocycles. The second-order valence-electron chi connectivity index (χ2n) is 5.19. The van der Waals surface area contributed by atoms with Crippen LogP contribution >= 0.6 is 0 Å². The minimum Gasteiger partial charge on any atom is -0.375 e. The first-order valence-corrected chi connectivity index (χ1v) is 7.31. The third kappa shape index (κ3) is 3.38. The molecule has 24 heavy (non-hydrogen) atoms. The number of nitrogens with zero attached hydrogens (tertiary/aromatic N) is 2. The topological polar surface area (TPSA) is 68.1 Å². The van der Waals surface area contributed by atoms with E-state index >= 15 is 0 Å². The fraction of sp³-hybridized carbons (Fsp3) is 0.0556. The summed E-state index contributed by atoms with van der Waals surface area (Å²) >= 11 is 0. The number of para-hydroxylation sites is 1. The Bertz CT molecular complexity index is 852. The summed E-state index contributed by atoms with van der Waals surface area (Å²) in [5, 5.41) is 13.9. The van der Waals surface area contributed by atoms with Gasteiger partial charge in [0.15, 0.2) is 0 Å². The highest BCUT2D eigenvalue weighted by atomic mass is 19.1. The zero-order valence-electron chi connectivity index (χ0n) is 12.6. The lowest BCUT2D eigenvalue weighted by atomic mass is 10.1. The van der Waals surface area contributed by atoms with Gasteiger partial charge in [-0.3, -0.25) is 15.1 Å². The summed E-state index contributed by atoms with van der Waals surface area (Å²) in [6.45, 7) is 0.359. The average Bonchev–Trinajstić information content (AvgIpc) is 2.61. The molecule has 0 saturated heterocycles. The number of hydrogen-bond acceptors (Lipinski definition) is 4. The Balaban J connectivity index is 1.74. The first-order chi connectivity index (χ1) is 11.6. The van der Waals surface area contributed by atoms with Crippen LogP contribution in [0.1, 0.15) is 5.56 Å². The molecule has 3 aromatic rings. The fourth-order valence-corrected chi connectivity index (χ4v) is 2.39. The van der Waals surface area contributed by atoms with Gasteiger partial charge in [-0.25, -0.2) is 0 Å². The molecule has 2 aromatic carbocycles. The van der Waals surface area contributed by atoms with Crippen LogP contribution in [0.15, 0.2) is 67.0 Å². The Morgan fingerprint density at radius 3 is 2.50 bits per heavy atom. The maximum atomic E-state index is 13.6. The second-order valence-corrected chi connectivity index (χ2v) is 5.19. The van der Waals surface area contributed by atoms with E-state index in [1.165, 1.54) is 12.1 Å². The highest BCUT2D eigenvalue weighted by Gasteiger charge is 2.19. The SMILES string of the molecule is O=[N+]([O-])c1c(F)cccc1NCc1ccc(-c2cccnc2)cc1. The van der Waals surface area contributed by atoms with Crippen LogP contribution in [0, 0.1) is 15.9 Å². The van der Waals surface area contributed by atoms with Crippen molar-refractivity contribution in [1.82, 2.24) is 4.98 Å². The summed E-state index contributed by atoms with van der Waals surface area (Å²) in [5.74, 6) is -0.850. The predicted molar refractivity (Wildman–Crippen MR) is 90.1 cm³/mol. The van der Waals surface area contributed by atoms with E-state index in [-0.39, 0.29) is 5.69 Å². The van der Waals surface area contributed by atoms with Gasteiger partial charge in [-0.2, -0.15) is 4.39 Å². The smallest absolute Gasteiger partial charge is 0.327 e. The van der Waals surface area contributed by atoms with Crippen molar-refractivity contribution in [2.75, 3.05) is 5.32 Å². The summed E-state index contributed by atoms with van der Waals surface area (Å²) in [5.41, 5.74) is 2.60. The van der Waals surface area contributed by atoms with Crippen LogP contribution in [-0.2, 0) is 6.54 Å². The van der Waals surface area contributed by atoms with E-state index in [1.54, 1.807) is 12.4 Å². The molecule has 0 saturated carbocycles. The summed E-state index contributed by atoms with van der Waals surface area (Å²) in [6, 6.07) is 15.6. The fourth-order valence-electron chi connectivity index (χ4n) is 2.39. The van der Waals surface area contributed by atoms with E-state index in [4.69, 9.17) is 0 Å². The third-order valence-corrected chi connectivity index (χ3v) is 3.60. The monoisotopic (exact) mass is 323 g/mol. The third-order valence-electron chi connectivity index (χ3n) is 3.60. The van der Waals surface area contributed by atoms with Crippen molar-refractivity contribution in [2.45, 2.75) is 6.54 Å². The molecule has 1 heterocycles. The minimum atomic E-state index is -0.850. The van der Waals surface area contributed by atoms with E-state index in [0.29, 0.717) is 6.54 Å². The molecule has 0 spiro atoms. The molecule has 1 N–H and O–H groups in total. The van der Waals surface area contributed by atoms with E-state index in [9.17, 15) is 14.5 Å². The molecule has 1 aromatic heterocycles. The molecule has 0 aliphatic rings. The van der Waals surface area contributed by atoms with Gasteiger partial charge >= 0.3 is 5.69 Å². The van der Waals surface area contributed by atoms with E-state index < -0.39 is 16.4 Å². The van der Waals surface area contributed by atoms with Gasteiger partial charge in [-0.1, -0.05) is 36.4 Å². The number of pyridine rings is 1. The zero-order valence-corrected chi connectivity index (χ0v) is 12.6. The molecular weight excluding hydrogens is 309 g/mol. The average molecular weight is 323 g/mol. The van der Waals surface area contributed by atoms with E-state index in [2.05, 4.69) is 10.3 Å². The highest BCUT2D eigenvalue weighted by molar-refractivity contribution is 5.64. The minimum absolute atomic E-state index is 0.163. The number of aromatic nitrogens is 1. The highest BCUT2D eigenvalue weighted by Crippen LogP contribution is 2.27. The number of anilines is 1. The molecule has 6 heteroatoms. The van der Waals surface area contributed by atoms with Gasteiger partial charge in [0.25, 0.3) is 0 Å². The zero-order chi connectivity index (χ0) is 16.9. The van der Waals surface area contributed by atoms with Crippen LogP contribution in [-0.4, -0.2) is 9.91 Å². The standard InChI is InChI=1S/C18H14FN3O2/c19-16-4-1-5-17(18(16)22(23)24)21-11-13-6-8-14(9-7-13)15-3-2-10-20-12-15/h1-10,12,21H,11H2. The molecule has 3 rings (SSSR count). The van der Waals surface area contributed by atoms with E-state index in [1.807, 2.05) is 36.4 Å². The van der Waals surface area contributed by atoms with Crippen LogP contribution in [0.3, 0.4) is 0 Å². The number of rotatable bonds is 5. The number of halogens is 1. The van der Waals surface area contributed by atoms with Crippen molar-refractivity contribution < 1.29 is 9.31 Å². The Morgan fingerprint density at radius 2 is 1.83 bits per heavy atom. The molecule has 0 bridgehead atoms. The quantitative estimate of drug-likeness (QED) is 0.558. The van der Waals surface area contributed by atoms with Crippen molar-refractivity contribution in [1.29, 1.82) is 0 Å². The first kappa shape index (κ1) is 15.6. The molecule has 5 nitrogen and oxygen atoms in total. The lowest BCUT2D eigenvalue weighted by Crippen LogP contribution is -2.04. The van der Waals surface area contributed by atoms with E-state index in [0.717, 1.165) is 22.8 Å². The number of nitro groups is 1. The molecule has 0 atom stereocenters. The van der Waals surface area contributed by atoms with Crippen LogP contribution in [0.2, 0.25) is 0 Å². The van der Waals surface area contributed by atoms with Crippen molar-refractivity contribution in [3.8, 4) is 11.1 Å². The van der Waals surface area contributed by atoms with Gasteiger partial charge < -0.3 is 5.32 Å². The summed E-state index contributed by atoms with van der Waals surface area (Å²) in [6.07, 6.45) is 3.50. The van der Waals surface area contributed by atoms with Crippen molar-refractivity contribution in [3.63, 3.8) is 0 Å². The van der Waals surface area contributed by atoms with Gasteiger partial charge in [0.2, 0.25) is 5.82 Å². The molecule has 0 aliphatic carbocycles. The first-order valence-electron chi connectivity index (χ1n) is 7.31. The summed E-state index contributed by atoms with van der Waals surface area (Å²) < 4.78 is 13.6. The van der Waals surface area contributed by atoms with Gasteiger partial charge in [-0.05, 0) is 34.9 Å². The summed E-state index contributed by atoms with van der Waals surface area (Å²) in [7, 11) is 0. The van der Waals surface area contributed by atoms with Gasteiger partial charge in [0.1, 0.15) is 5.69 Å². The lowest BCUT2D eigenvalue weighted by molar-refractivity contribution is -0.386. The molecule has 0 fully saturated rings. The Hall–Kier alpha value is -3.28. The van der Waals surface area contributed by atoms with Gasteiger partial charge in [0, 0.05) is 18.9 Å². The largest absolute Gasteiger partial charge is 0.375 e. The van der Waals surface area contributed by atoms with Crippen LogP contribution in [0.5, 0.6) is 0 Å².